The SMILES string of the molecule is Fc1ccc(C(CN2CCOCC2)=C2SCCCS2)cc1. The molecule has 2 fully saturated rings. The van der Waals surface area contributed by atoms with E-state index < -0.39 is 0 Å². The lowest BCUT2D eigenvalue weighted by Crippen LogP contribution is -2.37. The summed E-state index contributed by atoms with van der Waals surface area (Å²) in [6.45, 7) is 4.52. The Morgan fingerprint density at radius 2 is 1.76 bits per heavy atom. The highest BCUT2D eigenvalue weighted by atomic mass is 32.2. The zero-order valence-electron chi connectivity index (χ0n) is 12.0. The van der Waals surface area contributed by atoms with Crippen LogP contribution in [0.5, 0.6) is 0 Å². The molecule has 1 aromatic rings. The van der Waals surface area contributed by atoms with E-state index >= 15 is 0 Å². The molecule has 2 aliphatic rings. The van der Waals surface area contributed by atoms with Crippen LogP contribution in [0.25, 0.3) is 5.57 Å². The molecular weight excluding hydrogens is 305 g/mol. The van der Waals surface area contributed by atoms with E-state index in [1.807, 2.05) is 35.7 Å². The third-order valence-electron chi connectivity index (χ3n) is 3.68. The van der Waals surface area contributed by atoms with Crippen molar-refractivity contribution in [2.24, 2.45) is 0 Å². The average Bonchev–Trinajstić information content (AvgIpc) is 2.55. The molecule has 0 radical (unpaired) electrons. The van der Waals surface area contributed by atoms with Crippen molar-refractivity contribution in [3.63, 3.8) is 0 Å². The molecule has 5 heteroatoms. The first-order chi connectivity index (χ1) is 10.3. The number of ether oxygens (including phenoxy) is 1. The highest BCUT2D eigenvalue weighted by Crippen LogP contribution is 2.40. The van der Waals surface area contributed by atoms with Crippen LogP contribution in [0.3, 0.4) is 0 Å². The van der Waals surface area contributed by atoms with E-state index in [9.17, 15) is 4.39 Å². The summed E-state index contributed by atoms with van der Waals surface area (Å²) in [5, 5.41) is 0. The minimum atomic E-state index is -0.168. The van der Waals surface area contributed by atoms with E-state index in [0.29, 0.717) is 0 Å². The number of morpholine rings is 1. The van der Waals surface area contributed by atoms with Gasteiger partial charge in [0.15, 0.2) is 0 Å². The second kappa shape index (κ2) is 7.68. The molecule has 2 nitrogen and oxygen atoms in total. The van der Waals surface area contributed by atoms with Gasteiger partial charge < -0.3 is 4.74 Å². The summed E-state index contributed by atoms with van der Waals surface area (Å²) in [7, 11) is 0. The van der Waals surface area contributed by atoms with Crippen molar-refractivity contribution in [1.82, 2.24) is 4.90 Å². The standard InChI is InChI=1S/C16H20FNOS2/c17-14-4-2-13(3-5-14)15(16-20-10-1-11-21-16)12-18-6-8-19-9-7-18/h2-5H,1,6-12H2. The Bertz CT molecular complexity index is 490. The van der Waals surface area contributed by atoms with Crippen LogP contribution in [-0.2, 0) is 4.74 Å². The lowest BCUT2D eigenvalue weighted by Gasteiger charge is -2.29. The van der Waals surface area contributed by atoms with Gasteiger partial charge in [0.2, 0.25) is 0 Å². The maximum Gasteiger partial charge on any atom is 0.123 e. The summed E-state index contributed by atoms with van der Waals surface area (Å²) in [4.78, 5) is 2.44. The summed E-state index contributed by atoms with van der Waals surface area (Å²) in [6.07, 6.45) is 1.27. The van der Waals surface area contributed by atoms with Crippen molar-refractivity contribution >= 4 is 29.1 Å². The maximum absolute atomic E-state index is 13.2. The number of thioether (sulfide) groups is 2. The van der Waals surface area contributed by atoms with Gasteiger partial charge in [0.1, 0.15) is 5.82 Å². The largest absolute Gasteiger partial charge is 0.379 e. The fraction of sp³-hybridized carbons (Fsp3) is 0.500. The lowest BCUT2D eigenvalue weighted by atomic mass is 10.1. The molecule has 0 amide bonds. The van der Waals surface area contributed by atoms with Crippen LogP contribution in [0, 0.1) is 5.82 Å². The maximum atomic E-state index is 13.2. The smallest absolute Gasteiger partial charge is 0.123 e. The molecule has 2 heterocycles. The molecule has 114 valence electrons. The molecule has 0 saturated carbocycles. The Balaban J connectivity index is 1.84. The lowest BCUT2D eigenvalue weighted by molar-refractivity contribution is 0.0444. The minimum Gasteiger partial charge on any atom is -0.379 e. The van der Waals surface area contributed by atoms with Gasteiger partial charge in [-0.15, -0.1) is 23.5 Å². The van der Waals surface area contributed by atoms with Crippen LogP contribution < -0.4 is 0 Å². The van der Waals surface area contributed by atoms with Crippen LogP contribution in [0.2, 0.25) is 0 Å². The van der Waals surface area contributed by atoms with Crippen molar-refractivity contribution in [2.45, 2.75) is 6.42 Å². The second-order valence-electron chi connectivity index (χ2n) is 5.21. The topological polar surface area (TPSA) is 12.5 Å². The molecule has 1 aromatic carbocycles. The normalized spacial score (nSPS) is 20.5. The number of halogens is 1. The molecule has 0 spiro atoms. The molecular formula is C16H20FNOS2. The average molecular weight is 325 g/mol. The number of rotatable bonds is 3. The zero-order chi connectivity index (χ0) is 14.5. The van der Waals surface area contributed by atoms with Crippen LogP contribution >= 0.6 is 23.5 Å². The Morgan fingerprint density at radius 1 is 1.10 bits per heavy atom. The van der Waals surface area contributed by atoms with Gasteiger partial charge in [-0.2, -0.15) is 0 Å². The molecule has 0 N–H and O–H groups in total. The van der Waals surface area contributed by atoms with Gasteiger partial charge in [-0.1, -0.05) is 12.1 Å². The summed E-state index contributed by atoms with van der Waals surface area (Å²) < 4.78 is 20.0. The fourth-order valence-corrected chi connectivity index (χ4v) is 5.19. The van der Waals surface area contributed by atoms with E-state index in [1.165, 1.54) is 27.7 Å². The van der Waals surface area contributed by atoms with E-state index in [-0.39, 0.29) is 5.82 Å². The van der Waals surface area contributed by atoms with E-state index in [1.54, 1.807) is 12.1 Å². The third-order valence-corrected chi connectivity index (χ3v) is 6.39. The number of benzene rings is 1. The van der Waals surface area contributed by atoms with Crippen molar-refractivity contribution in [3.8, 4) is 0 Å². The predicted molar refractivity (Wildman–Crippen MR) is 90.1 cm³/mol. The molecule has 0 aromatic heterocycles. The predicted octanol–water partition coefficient (Wildman–Crippen LogP) is 3.70. The van der Waals surface area contributed by atoms with Crippen molar-refractivity contribution in [3.05, 3.63) is 39.9 Å². The van der Waals surface area contributed by atoms with Crippen LogP contribution in [0.15, 0.2) is 28.5 Å². The Labute approximate surface area is 134 Å². The van der Waals surface area contributed by atoms with Crippen molar-refractivity contribution in [2.75, 3.05) is 44.4 Å². The first-order valence-corrected chi connectivity index (χ1v) is 9.35. The number of hydrogen-bond acceptors (Lipinski definition) is 4. The molecule has 21 heavy (non-hydrogen) atoms. The summed E-state index contributed by atoms with van der Waals surface area (Å²) in [6, 6.07) is 6.95. The molecule has 0 aliphatic carbocycles. The molecule has 0 atom stereocenters. The summed E-state index contributed by atoms with van der Waals surface area (Å²) in [5.74, 6) is 2.21. The first kappa shape index (κ1) is 15.4. The van der Waals surface area contributed by atoms with Gasteiger partial charge in [0.05, 0.1) is 13.2 Å². The van der Waals surface area contributed by atoms with E-state index in [4.69, 9.17) is 4.74 Å². The Hall–Kier alpha value is -0.490. The monoisotopic (exact) mass is 325 g/mol. The third kappa shape index (κ3) is 4.25. The van der Waals surface area contributed by atoms with Gasteiger partial charge in [0.25, 0.3) is 0 Å². The van der Waals surface area contributed by atoms with Crippen molar-refractivity contribution < 1.29 is 9.13 Å². The minimum absolute atomic E-state index is 0.168. The zero-order valence-corrected chi connectivity index (χ0v) is 13.6. The molecule has 2 saturated heterocycles. The van der Waals surface area contributed by atoms with Gasteiger partial charge in [-0.3, -0.25) is 4.90 Å². The van der Waals surface area contributed by atoms with Gasteiger partial charge in [-0.05, 0) is 41.2 Å². The fourth-order valence-electron chi connectivity index (χ4n) is 2.51. The quantitative estimate of drug-likeness (QED) is 0.840. The molecule has 0 bridgehead atoms. The van der Waals surface area contributed by atoms with Gasteiger partial charge in [0, 0.05) is 23.9 Å². The number of hydrogen-bond donors (Lipinski definition) is 0. The van der Waals surface area contributed by atoms with Crippen LogP contribution in [-0.4, -0.2) is 49.3 Å². The second-order valence-corrected chi connectivity index (χ2v) is 7.68. The summed E-state index contributed by atoms with van der Waals surface area (Å²) >= 11 is 3.90. The van der Waals surface area contributed by atoms with Crippen LogP contribution in [0.4, 0.5) is 4.39 Å². The molecule has 3 rings (SSSR count). The Kier molecular flexibility index (Phi) is 5.63. The first-order valence-electron chi connectivity index (χ1n) is 7.38. The highest BCUT2D eigenvalue weighted by molar-refractivity contribution is 8.23. The van der Waals surface area contributed by atoms with Crippen LogP contribution in [0.1, 0.15) is 12.0 Å². The van der Waals surface area contributed by atoms with E-state index in [2.05, 4.69) is 4.90 Å². The van der Waals surface area contributed by atoms with Crippen molar-refractivity contribution in [1.29, 1.82) is 0 Å². The molecule has 0 unspecified atom stereocenters. The molecule has 2 aliphatic heterocycles. The Morgan fingerprint density at radius 3 is 2.43 bits per heavy atom. The van der Waals surface area contributed by atoms with Gasteiger partial charge >= 0.3 is 0 Å². The van der Waals surface area contributed by atoms with Gasteiger partial charge in [-0.25, -0.2) is 4.39 Å². The highest BCUT2D eigenvalue weighted by Gasteiger charge is 2.19. The summed E-state index contributed by atoms with van der Waals surface area (Å²) in [5.41, 5.74) is 2.51. The number of nitrogens with zero attached hydrogens (tertiary/aromatic N) is 1. The van der Waals surface area contributed by atoms with E-state index in [0.717, 1.165) is 38.4 Å².